The summed E-state index contributed by atoms with van der Waals surface area (Å²) in [7, 11) is 0. The first kappa shape index (κ1) is 17.1. The normalized spacial score (nSPS) is 13.1. The molecule has 0 aromatic heterocycles. The van der Waals surface area contributed by atoms with Crippen LogP contribution in [-0.2, 0) is 0 Å². The van der Waals surface area contributed by atoms with Crippen LogP contribution >= 0.6 is 12.4 Å². The summed E-state index contributed by atoms with van der Waals surface area (Å²) in [6, 6.07) is -0.504. The van der Waals surface area contributed by atoms with Gasteiger partial charge in [-0.15, -0.1) is 12.4 Å². The minimum absolute atomic E-state index is 0. The van der Waals surface area contributed by atoms with Crippen molar-refractivity contribution in [2.24, 2.45) is 5.73 Å². The highest BCUT2D eigenvalue weighted by Crippen LogP contribution is 2.28. The zero-order valence-corrected chi connectivity index (χ0v) is 9.72. The van der Waals surface area contributed by atoms with Crippen LogP contribution in [0.3, 0.4) is 0 Å². The van der Waals surface area contributed by atoms with Crippen LogP contribution in [0.2, 0.25) is 0 Å². The van der Waals surface area contributed by atoms with Crippen LogP contribution in [0.1, 0.15) is 24.4 Å². The highest BCUT2D eigenvalue weighted by atomic mass is 35.5. The summed E-state index contributed by atoms with van der Waals surface area (Å²) in [4.78, 5) is 0. The van der Waals surface area contributed by atoms with Gasteiger partial charge in [0.1, 0.15) is 5.82 Å². The average molecular weight is 294 g/mol. The molecule has 1 atom stereocenters. The van der Waals surface area contributed by atoms with E-state index in [9.17, 15) is 26.3 Å². The van der Waals surface area contributed by atoms with Crippen LogP contribution in [0.4, 0.5) is 26.3 Å². The molecule has 0 amide bonds. The lowest BCUT2D eigenvalue weighted by Crippen LogP contribution is -2.17. The van der Waals surface area contributed by atoms with Gasteiger partial charge in [0.05, 0.1) is 0 Å². The van der Waals surface area contributed by atoms with Crippen molar-refractivity contribution in [3.63, 3.8) is 0 Å². The molecule has 1 rings (SSSR count). The van der Waals surface area contributed by atoms with Crippen LogP contribution in [0, 0.1) is 17.5 Å². The van der Waals surface area contributed by atoms with Gasteiger partial charge >= 0.3 is 6.18 Å². The molecule has 0 saturated carbocycles. The minimum Gasteiger partial charge on any atom is -0.324 e. The molecule has 0 spiro atoms. The molecule has 0 unspecified atom stereocenters. The molecular weight excluding hydrogens is 284 g/mol. The second-order valence-electron chi connectivity index (χ2n) is 3.55. The molecule has 8 heteroatoms. The van der Waals surface area contributed by atoms with Crippen molar-refractivity contribution in [1.29, 1.82) is 0 Å². The van der Waals surface area contributed by atoms with Gasteiger partial charge in [-0.1, -0.05) is 0 Å². The summed E-state index contributed by atoms with van der Waals surface area (Å²) < 4.78 is 74.4. The first-order valence-corrected chi connectivity index (χ1v) is 4.67. The Labute approximate surface area is 105 Å². The molecule has 18 heavy (non-hydrogen) atoms. The lowest BCUT2D eigenvalue weighted by atomic mass is 10.0. The zero-order chi connectivity index (χ0) is 13.2. The van der Waals surface area contributed by atoms with E-state index in [0.717, 1.165) is 0 Å². The van der Waals surface area contributed by atoms with Crippen molar-refractivity contribution in [2.45, 2.75) is 25.1 Å². The predicted octanol–water partition coefficient (Wildman–Crippen LogP) is 3.87. The van der Waals surface area contributed by atoms with Crippen LogP contribution in [0.5, 0.6) is 0 Å². The molecule has 1 aromatic rings. The van der Waals surface area contributed by atoms with E-state index in [1.54, 1.807) is 0 Å². The Balaban J connectivity index is 0.00000289. The van der Waals surface area contributed by atoms with Crippen molar-refractivity contribution in [3.05, 3.63) is 35.1 Å². The van der Waals surface area contributed by atoms with Gasteiger partial charge in [0.15, 0.2) is 11.6 Å². The molecule has 1 aromatic carbocycles. The van der Waals surface area contributed by atoms with Crippen molar-refractivity contribution in [3.8, 4) is 0 Å². The van der Waals surface area contributed by atoms with E-state index in [1.165, 1.54) is 0 Å². The van der Waals surface area contributed by atoms with E-state index in [2.05, 4.69) is 0 Å². The van der Waals surface area contributed by atoms with Gasteiger partial charge in [0, 0.05) is 24.1 Å². The fraction of sp³-hybridized carbons (Fsp3) is 0.400. The molecule has 0 bridgehead atoms. The number of hydrogen-bond acceptors (Lipinski definition) is 1. The number of alkyl halides is 3. The third-order valence-electron chi connectivity index (χ3n) is 2.16. The minimum atomic E-state index is -4.44. The monoisotopic (exact) mass is 293 g/mol. The third-order valence-corrected chi connectivity index (χ3v) is 2.16. The van der Waals surface area contributed by atoms with Crippen molar-refractivity contribution >= 4 is 12.4 Å². The Morgan fingerprint density at radius 3 is 2.17 bits per heavy atom. The van der Waals surface area contributed by atoms with Crippen LogP contribution in [0.15, 0.2) is 12.1 Å². The van der Waals surface area contributed by atoms with E-state index in [1.807, 2.05) is 0 Å². The first-order chi connectivity index (χ1) is 7.70. The molecule has 1 nitrogen and oxygen atoms in total. The highest BCUT2D eigenvalue weighted by molar-refractivity contribution is 5.85. The number of benzene rings is 1. The molecule has 0 aliphatic heterocycles. The van der Waals surface area contributed by atoms with Gasteiger partial charge in [-0.3, -0.25) is 0 Å². The molecule has 0 fully saturated rings. The smallest absolute Gasteiger partial charge is 0.324 e. The van der Waals surface area contributed by atoms with Gasteiger partial charge in [-0.25, -0.2) is 13.2 Å². The van der Waals surface area contributed by atoms with Crippen molar-refractivity contribution in [1.82, 2.24) is 0 Å². The lowest BCUT2D eigenvalue weighted by Gasteiger charge is -2.14. The maximum atomic E-state index is 13.1. The predicted molar refractivity (Wildman–Crippen MR) is 55.8 cm³/mol. The Hall–Kier alpha value is -0.950. The topological polar surface area (TPSA) is 26.0 Å². The van der Waals surface area contributed by atoms with Crippen molar-refractivity contribution < 1.29 is 26.3 Å². The maximum Gasteiger partial charge on any atom is 0.389 e. The number of hydrogen-bond donors (Lipinski definition) is 1. The molecule has 104 valence electrons. The summed E-state index contributed by atoms with van der Waals surface area (Å²) in [5, 5.41) is 0. The maximum absolute atomic E-state index is 13.1. The largest absolute Gasteiger partial charge is 0.389 e. The summed E-state index contributed by atoms with van der Waals surface area (Å²) >= 11 is 0. The molecule has 0 saturated heterocycles. The molecule has 2 N–H and O–H groups in total. The van der Waals surface area contributed by atoms with Gasteiger partial charge in [0.25, 0.3) is 0 Å². The van der Waals surface area contributed by atoms with Crippen LogP contribution in [0.25, 0.3) is 0 Å². The van der Waals surface area contributed by atoms with E-state index >= 15 is 0 Å². The van der Waals surface area contributed by atoms with E-state index < -0.39 is 48.1 Å². The fourth-order valence-corrected chi connectivity index (χ4v) is 1.32. The first-order valence-electron chi connectivity index (χ1n) is 4.67. The van der Waals surface area contributed by atoms with Gasteiger partial charge in [0.2, 0.25) is 0 Å². The fourth-order valence-electron chi connectivity index (χ4n) is 1.32. The quantitative estimate of drug-likeness (QED) is 0.664. The Morgan fingerprint density at radius 2 is 1.67 bits per heavy atom. The second kappa shape index (κ2) is 6.29. The van der Waals surface area contributed by atoms with E-state index in [-0.39, 0.29) is 12.4 Å². The Kier molecular flexibility index (Phi) is 5.95. The second-order valence-corrected chi connectivity index (χ2v) is 3.55. The van der Waals surface area contributed by atoms with Gasteiger partial charge < -0.3 is 5.73 Å². The molecule has 0 aliphatic rings. The SMILES string of the molecule is Cl.N[C@H](CCC(F)(F)F)c1cc(F)cc(F)c1F. The number of nitrogens with two attached hydrogens (primary N) is 1. The number of rotatable bonds is 3. The van der Waals surface area contributed by atoms with Crippen molar-refractivity contribution in [2.75, 3.05) is 0 Å². The number of halogens is 7. The summed E-state index contributed by atoms with van der Waals surface area (Å²) in [6.45, 7) is 0. The highest BCUT2D eigenvalue weighted by Gasteiger charge is 2.29. The molecule has 0 heterocycles. The lowest BCUT2D eigenvalue weighted by molar-refractivity contribution is -0.136. The Bertz CT molecular complexity index is 406. The molecular formula is C10H10ClF6N. The van der Waals surface area contributed by atoms with Gasteiger partial charge in [-0.05, 0) is 12.5 Å². The standard InChI is InChI=1S/C10H9F6N.ClH/c11-5-3-6(9(13)7(12)4-5)8(17)1-2-10(14,15)16;/h3-4,8H,1-2,17H2;1H/t8-;/m1./s1. The zero-order valence-electron chi connectivity index (χ0n) is 8.90. The van der Waals surface area contributed by atoms with E-state index in [0.29, 0.717) is 12.1 Å². The van der Waals surface area contributed by atoms with Gasteiger partial charge in [-0.2, -0.15) is 13.2 Å². The Morgan fingerprint density at radius 1 is 1.11 bits per heavy atom. The van der Waals surface area contributed by atoms with Crippen LogP contribution in [-0.4, -0.2) is 6.18 Å². The van der Waals surface area contributed by atoms with E-state index in [4.69, 9.17) is 5.73 Å². The van der Waals surface area contributed by atoms with Crippen LogP contribution < -0.4 is 5.73 Å². The summed E-state index contributed by atoms with van der Waals surface area (Å²) in [5.41, 5.74) is 4.68. The molecule has 0 radical (unpaired) electrons. The molecule has 0 aliphatic carbocycles. The third kappa shape index (κ3) is 4.73. The summed E-state index contributed by atoms with van der Waals surface area (Å²) in [6.07, 6.45) is -6.32. The average Bonchev–Trinajstić information content (AvgIpc) is 2.19. The summed E-state index contributed by atoms with van der Waals surface area (Å²) in [5.74, 6) is -3.97.